The zero-order chi connectivity index (χ0) is 18.5. The van der Waals surface area contributed by atoms with Gasteiger partial charge in [0.25, 0.3) is 0 Å². The average molecular weight is 361 g/mol. The van der Waals surface area contributed by atoms with Gasteiger partial charge >= 0.3 is 0 Å². The largest absolute Gasteiger partial charge is 0.359 e. The second kappa shape index (κ2) is 6.74. The van der Waals surface area contributed by atoms with Gasteiger partial charge in [0, 0.05) is 13.0 Å². The monoisotopic (exact) mass is 360 g/mol. The van der Waals surface area contributed by atoms with Gasteiger partial charge in [-0.05, 0) is 86.9 Å². The Morgan fingerprint density at radius 2 is 1.96 bits per heavy atom. The van der Waals surface area contributed by atoms with Crippen LogP contribution in [0.4, 0.5) is 0 Å². The van der Waals surface area contributed by atoms with Gasteiger partial charge in [0.05, 0.1) is 6.10 Å². The molecule has 0 bridgehead atoms. The van der Waals surface area contributed by atoms with Crippen LogP contribution in [0.15, 0.2) is 11.6 Å². The predicted molar refractivity (Wildman–Crippen MR) is 103 cm³/mol. The van der Waals surface area contributed by atoms with E-state index in [2.05, 4.69) is 19.9 Å². The summed E-state index contributed by atoms with van der Waals surface area (Å²) in [5.41, 5.74) is 2.26. The number of ketones is 1. The molecule has 1 unspecified atom stereocenters. The lowest BCUT2D eigenvalue weighted by Gasteiger charge is -2.58. The van der Waals surface area contributed by atoms with Crippen LogP contribution in [0.2, 0.25) is 0 Å². The molecule has 26 heavy (non-hydrogen) atoms. The summed E-state index contributed by atoms with van der Waals surface area (Å²) in [5, 5.41) is 0. The zero-order valence-corrected chi connectivity index (χ0v) is 17.1. The number of allylic oxidation sites excluding steroid dienone is 1. The first-order valence-corrected chi connectivity index (χ1v) is 10.7. The molecule has 0 N–H and O–H groups in total. The van der Waals surface area contributed by atoms with Gasteiger partial charge in [0.1, 0.15) is 12.6 Å². The van der Waals surface area contributed by atoms with Crippen molar-refractivity contribution in [1.29, 1.82) is 0 Å². The van der Waals surface area contributed by atoms with Gasteiger partial charge in [-0.3, -0.25) is 4.79 Å². The minimum Gasteiger partial charge on any atom is -0.359 e. The Kier molecular flexibility index (Phi) is 4.84. The number of Topliss-reactive ketones (excluding diaryl/α,β-unsaturated/α-hetero) is 1. The highest BCUT2D eigenvalue weighted by molar-refractivity contribution is 5.79. The fraction of sp³-hybridized carbons (Fsp3) is 0.870. The molecule has 0 spiro atoms. The van der Waals surface area contributed by atoms with E-state index in [1.165, 1.54) is 32.1 Å². The highest BCUT2D eigenvalue weighted by atomic mass is 16.7. The standard InChI is InChI=1S/C23H36O3/c1-15(24)19-7-8-20-18-6-5-16-13-17(26-14-25-4)9-11-22(16,2)21(18)10-12-23(19,20)3/h5,17-21H,6-14H2,1-4H3/t17?,18-,19+,20-,21-,22-,23+/m0/s1. The number of carbonyl (C=O) groups is 1. The maximum absolute atomic E-state index is 12.2. The van der Waals surface area contributed by atoms with Crippen molar-refractivity contribution in [2.24, 2.45) is 34.5 Å². The molecular weight excluding hydrogens is 324 g/mol. The maximum atomic E-state index is 12.2. The number of hydrogen-bond acceptors (Lipinski definition) is 3. The molecule has 3 fully saturated rings. The van der Waals surface area contributed by atoms with Crippen molar-refractivity contribution >= 4 is 5.78 Å². The van der Waals surface area contributed by atoms with E-state index in [1.807, 2.05) is 6.92 Å². The van der Waals surface area contributed by atoms with Crippen LogP contribution in [0.3, 0.4) is 0 Å². The van der Waals surface area contributed by atoms with Crippen molar-refractivity contribution in [3.63, 3.8) is 0 Å². The van der Waals surface area contributed by atoms with E-state index in [9.17, 15) is 4.79 Å². The highest BCUT2D eigenvalue weighted by Crippen LogP contribution is 2.66. The molecule has 0 aromatic carbocycles. The summed E-state index contributed by atoms with van der Waals surface area (Å²) < 4.78 is 11.0. The lowest BCUT2D eigenvalue weighted by molar-refractivity contribution is -0.128. The summed E-state index contributed by atoms with van der Waals surface area (Å²) in [5.74, 6) is 3.07. The van der Waals surface area contributed by atoms with Gasteiger partial charge in [0.2, 0.25) is 0 Å². The predicted octanol–water partition coefficient (Wildman–Crippen LogP) is 5.14. The molecule has 0 heterocycles. The summed E-state index contributed by atoms with van der Waals surface area (Å²) in [6.45, 7) is 7.20. The molecular formula is C23H36O3. The number of hydrogen-bond donors (Lipinski definition) is 0. The Hall–Kier alpha value is -0.670. The van der Waals surface area contributed by atoms with E-state index in [-0.39, 0.29) is 5.41 Å². The van der Waals surface area contributed by atoms with E-state index in [1.54, 1.807) is 12.7 Å². The molecule has 0 aromatic heterocycles. The second-order valence-corrected chi connectivity index (χ2v) is 9.98. The summed E-state index contributed by atoms with van der Waals surface area (Å²) >= 11 is 0. The smallest absolute Gasteiger partial charge is 0.146 e. The topological polar surface area (TPSA) is 35.5 Å². The summed E-state index contributed by atoms with van der Waals surface area (Å²) in [4.78, 5) is 12.2. The van der Waals surface area contributed by atoms with Crippen molar-refractivity contribution < 1.29 is 14.3 Å². The Balaban J connectivity index is 1.56. The second-order valence-electron chi connectivity index (χ2n) is 9.98. The lowest BCUT2D eigenvalue weighted by atomic mass is 9.47. The molecule has 4 rings (SSSR count). The van der Waals surface area contributed by atoms with Gasteiger partial charge in [-0.2, -0.15) is 0 Å². The van der Waals surface area contributed by atoms with E-state index >= 15 is 0 Å². The quantitative estimate of drug-likeness (QED) is 0.514. The normalized spacial score (nSPS) is 47.5. The fourth-order valence-corrected chi connectivity index (χ4v) is 7.60. The van der Waals surface area contributed by atoms with Crippen molar-refractivity contribution in [2.45, 2.75) is 78.2 Å². The van der Waals surface area contributed by atoms with Crippen molar-refractivity contribution in [3.8, 4) is 0 Å². The fourth-order valence-electron chi connectivity index (χ4n) is 7.60. The molecule has 0 radical (unpaired) electrons. The summed E-state index contributed by atoms with van der Waals surface area (Å²) in [7, 11) is 1.70. The lowest BCUT2D eigenvalue weighted by Crippen LogP contribution is -2.51. The van der Waals surface area contributed by atoms with Crippen LogP contribution in [0.25, 0.3) is 0 Å². The molecule has 0 aliphatic heterocycles. The Morgan fingerprint density at radius 1 is 1.15 bits per heavy atom. The first kappa shape index (κ1) is 18.7. The Morgan fingerprint density at radius 3 is 2.69 bits per heavy atom. The van der Waals surface area contributed by atoms with Gasteiger partial charge < -0.3 is 9.47 Å². The Labute approximate surface area is 158 Å². The molecule has 3 saturated carbocycles. The molecule has 3 heteroatoms. The average Bonchev–Trinajstić information content (AvgIpc) is 2.97. The summed E-state index contributed by atoms with van der Waals surface area (Å²) in [6, 6.07) is 0. The van der Waals surface area contributed by atoms with Crippen LogP contribution < -0.4 is 0 Å². The van der Waals surface area contributed by atoms with E-state index in [4.69, 9.17) is 9.47 Å². The highest BCUT2D eigenvalue weighted by Gasteiger charge is 2.59. The van der Waals surface area contributed by atoms with Gasteiger partial charge in [0.15, 0.2) is 0 Å². The number of ether oxygens (including phenoxy) is 2. The number of fused-ring (bicyclic) bond motifs is 5. The van der Waals surface area contributed by atoms with E-state index < -0.39 is 0 Å². The number of carbonyl (C=O) groups excluding carboxylic acids is 1. The van der Waals surface area contributed by atoms with Crippen LogP contribution in [0.1, 0.15) is 72.1 Å². The van der Waals surface area contributed by atoms with Crippen LogP contribution in [-0.2, 0) is 14.3 Å². The zero-order valence-electron chi connectivity index (χ0n) is 17.1. The van der Waals surface area contributed by atoms with Crippen LogP contribution in [0.5, 0.6) is 0 Å². The van der Waals surface area contributed by atoms with E-state index in [0.717, 1.165) is 37.0 Å². The molecule has 146 valence electrons. The third kappa shape index (κ3) is 2.73. The SMILES string of the molecule is COCOC1CC[C@@]2(C)C(=CC[C@H]3[C@@H]4CC[C@H](C(C)=O)[C@@]4(C)CC[C@@H]32)C1. The third-order valence-electron chi connectivity index (χ3n) is 8.97. The Bertz CT molecular complexity index is 596. The molecule has 4 aliphatic carbocycles. The maximum Gasteiger partial charge on any atom is 0.146 e. The molecule has 4 aliphatic rings. The molecule has 0 amide bonds. The van der Waals surface area contributed by atoms with E-state index in [0.29, 0.717) is 30.0 Å². The molecule has 0 saturated heterocycles. The minimum absolute atomic E-state index is 0.257. The number of rotatable bonds is 4. The molecule has 3 nitrogen and oxygen atoms in total. The van der Waals surface area contributed by atoms with Crippen LogP contribution in [0, 0.1) is 34.5 Å². The van der Waals surface area contributed by atoms with Gasteiger partial charge in [-0.25, -0.2) is 0 Å². The van der Waals surface area contributed by atoms with Crippen molar-refractivity contribution in [1.82, 2.24) is 0 Å². The third-order valence-corrected chi connectivity index (χ3v) is 8.97. The van der Waals surface area contributed by atoms with Crippen molar-refractivity contribution in [2.75, 3.05) is 13.9 Å². The molecule has 7 atom stereocenters. The minimum atomic E-state index is 0.257. The van der Waals surface area contributed by atoms with Gasteiger partial charge in [-0.15, -0.1) is 0 Å². The first-order valence-electron chi connectivity index (χ1n) is 10.7. The van der Waals surface area contributed by atoms with Crippen LogP contribution in [-0.4, -0.2) is 25.8 Å². The van der Waals surface area contributed by atoms with Crippen molar-refractivity contribution in [3.05, 3.63) is 11.6 Å². The number of methoxy groups -OCH3 is 1. The first-order chi connectivity index (χ1) is 12.4. The van der Waals surface area contributed by atoms with Gasteiger partial charge in [-0.1, -0.05) is 25.5 Å². The van der Waals surface area contributed by atoms with Crippen LogP contribution >= 0.6 is 0 Å². The molecule has 0 aromatic rings. The summed E-state index contributed by atoms with van der Waals surface area (Å²) in [6.07, 6.45) is 12.5.